The Morgan fingerprint density at radius 2 is 1.87 bits per heavy atom. The highest BCUT2D eigenvalue weighted by atomic mass is 16.7. The van der Waals surface area contributed by atoms with E-state index in [0.717, 1.165) is 56.1 Å². The molecule has 2 fully saturated rings. The maximum absolute atomic E-state index is 12.4. The van der Waals surface area contributed by atoms with Gasteiger partial charge in [0.2, 0.25) is 12.7 Å². The summed E-state index contributed by atoms with van der Waals surface area (Å²) >= 11 is 0. The van der Waals surface area contributed by atoms with E-state index in [0.29, 0.717) is 11.8 Å². The summed E-state index contributed by atoms with van der Waals surface area (Å²) in [7, 11) is 0. The van der Waals surface area contributed by atoms with Gasteiger partial charge in [0.1, 0.15) is 0 Å². The Bertz CT molecular complexity index is 607. The summed E-state index contributed by atoms with van der Waals surface area (Å²) in [6, 6.07) is 4.34. The van der Waals surface area contributed by atoms with Gasteiger partial charge >= 0.3 is 0 Å². The van der Waals surface area contributed by atoms with Crippen molar-refractivity contribution in [3.05, 3.63) is 17.7 Å². The average Bonchev–Trinajstić information content (AvgIpc) is 2.94. The molecule has 0 saturated carbocycles. The van der Waals surface area contributed by atoms with Crippen molar-refractivity contribution in [1.82, 2.24) is 4.90 Å². The second-order valence-electron chi connectivity index (χ2n) is 6.50. The molecule has 6 nitrogen and oxygen atoms in total. The summed E-state index contributed by atoms with van der Waals surface area (Å²) in [4.78, 5) is 14.8. The number of ether oxygens (including phenoxy) is 3. The normalized spacial score (nSPS) is 22.0. The number of anilines is 1. The topological polar surface area (TPSA) is 60.0 Å². The molecule has 3 aliphatic heterocycles. The van der Waals surface area contributed by atoms with E-state index in [9.17, 15) is 4.79 Å². The number of rotatable bonds is 3. The van der Waals surface area contributed by atoms with E-state index >= 15 is 0 Å². The molecule has 1 aromatic rings. The number of fused-ring (bicyclic) bond motifs is 1. The molecule has 2 saturated heterocycles. The zero-order valence-electron chi connectivity index (χ0n) is 13.3. The molecule has 23 heavy (non-hydrogen) atoms. The van der Waals surface area contributed by atoms with E-state index in [2.05, 4.69) is 10.2 Å². The van der Waals surface area contributed by atoms with E-state index in [-0.39, 0.29) is 18.6 Å². The molecule has 0 unspecified atom stereocenters. The molecule has 0 radical (unpaired) electrons. The van der Waals surface area contributed by atoms with Crippen LogP contribution in [0.25, 0.3) is 0 Å². The third-order valence-electron chi connectivity index (χ3n) is 4.97. The van der Waals surface area contributed by atoms with Crippen LogP contribution in [0.15, 0.2) is 12.1 Å². The van der Waals surface area contributed by atoms with Crippen LogP contribution in [-0.2, 0) is 9.53 Å². The lowest BCUT2D eigenvalue weighted by atomic mass is 9.93. The number of carbonyl (C=O) groups excluding carboxylic acids is 1. The van der Waals surface area contributed by atoms with Gasteiger partial charge in [0.05, 0.1) is 5.92 Å². The Morgan fingerprint density at radius 3 is 2.61 bits per heavy atom. The minimum absolute atomic E-state index is 0.0719. The predicted octanol–water partition coefficient (Wildman–Crippen LogP) is 1.77. The molecule has 0 atom stereocenters. The fourth-order valence-electron chi connectivity index (χ4n) is 3.44. The molecule has 3 aliphatic rings. The largest absolute Gasteiger partial charge is 0.454 e. The van der Waals surface area contributed by atoms with Crippen molar-refractivity contribution in [3.63, 3.8) is 0 Å². The standard InChI is InChI=1S/C17H22N2O4/c1-11-6-15-16(23-10-22-15)7-14(11)18-17(20)12-8-19(9-12)13-2-4-21-5-3-13/h6-7,12-13H,2-5,8-10H2,1H3,(H,18,20). The molecule has 0 spiro atoms. The fourth-order valence-corrected chi connectivity index (χ4v) is 3.44. The second-order valence-corrected chi connectivity index (χ2v) is 6.50. The van der Waals surface area contributed by atoms with Crippen molar-refractivity contribution in [2.24, 2.45) is 5.92 Å². The maximum Gasteiger partial charge on any atom is 0.231 e. The number of hydrogen-bond donors (Lipinski definition) is 1. The van der Waals surface area contributed by atoms with Crippen molar-refractivity contribution in [3.8, 4) is 11.5 Å². The summed E-state index contributed by atoms with van der Waals surface area (Å²) in [6.45, 7) is 5.59. The van der Waals surface area contributed by atoms with Gasteiger partial charge in [-0.05, 0) is 31.4 Å². The second kappa shape index (κ2) is 6.02. The van der Waals surface area contributed by atoms with Gasteiger partial charge in [-0.1, -0.05) is 0 Å². The highest BCUT2D eigenvalue weighted by molar-refractivity contribution is 5.94. The van der Waals surface area contributed by atoms with Crippen molar-refractivity contribution in [2.75, 3.05) is 38.4 Å². The van der Waals surface area contributed by atoms with E-state index in [1.54, 1.807) is 0 Å². The SMILES string of the molecule is Cc1cc2c(cc1NC(=O)C1CN(C3CCOCC3)C1)OCO2. The molecule has 1 N–H and O–H groups in total. The van der Waals surface area contributed by atoms with Crippen LogP contribution in [0.3, 0.4) is 0 Å². The average molecular weight is 318 g/mol. The first-order valence-electron chi connectivity index (χ1n) is 8.23. The third-order valence-corrected chi connectivity index (χ3v) is 4.97. The Morgan fingerprint density at radius 1 is 1.17 bits per heavy atom. The van der Waals surface area contributed by atoms with E-state index in [1.807, 2.05) is 19.1 Å². The lowest BCUT2D eigenvalue weighted by molar-refractivity contribution is -0.127. The summed E-state index contributed by atoms with van der Waals surface area (Å²) in [6.07, 6.45) is 2.16. The first kappa shape index (κ1) is 14.8. The van der Waals surface area contributed by atoms with Gasteiger partial charge < -0.3 is 19.5 Å². The highest BCUT2D eigenvalue weighted by Gasteiger charge is 2.37. The zero-order valence-corrected chi connectivity index (χ0v) is 13.3. The fraction of sp³-hybridized carbons (Fsp3) is 0.588. The molecular weight excluding hydrogens is 296 g/mol. The molecule has 0 aliphatic carbocycles. The number of amides is 1. The van der Waals surface area contributed by atoms with Crippen LogP contribution in [0, 0.1) is 12.8 Å². The summed E-state index contributed by atoms with van der Waals surface area (Å²) < 4.78 is 16.1. The Labute approximate surface area is 135 Å². The number of carbonyl (C=O) groups is 1. The molecule has 124 valence electrons. The summed E-state index contributed by atoms with van der Waals surface area (Å²) in [5, 5.41) is 3.04. The zero-order chi connectivity index (χ0) is 15.8. The van der Waals surface area contributed by atoms with Gasteiger partial charge in [-0.3, -0.25) is 9.69 Å². The Balaban J connectivity index is 1.34. The molecular formula is C17H22N2O4. The van der Waals surface area contributed by atoms with Gasteiger partial charge in [0.25, 0.3) is 0 Å². The summed E-state index contributed by atoms with van der Waals surface area (Å²) in [5.41, 5.74) is 1.80. The monoisotopic (exact) mass is 318 g/mol. The van der Waals surface area contributed by atoms with Crippen molar-refractivity contribution < 1.29 is 19.0 Å². The third kappa shape index (κ3) is 2.88. The molecule has 4 rings (SSSR count). The Hall–Kier alpha value is -1.79. The summed E-state index contributed by atoms with van der Waals surface area (Å²) in [5.74, 6) is 1.61. The minimum Gasteiger partial charge on any atom is -0.454 e. The molecule has 6 heteroatoms. The smallest absolute Gasteiger partial charge is 0.231 e. The maximum atomic E-state index is 12.4. The van der Waals surface area contributed by atoms with Crippen molar-refractivity contribution in [1.29, 1.82) is 0 Å². The van der Waals surface area contributed by atoms with Crippen LogP contribution < -0.4 is 14.8 Å². The van der Waals surface area contributed by atoms with Gasteiger partial charge in [0.15, 0.2) is 11.5 Å². The van der Waals surface area contributed by atoms with Crippen LogP contribution in [0.5, 0.6) is 11.5 Å². The van der Waals surface area contributed by atoms with Crippen LogP contribution in [0.2, 0.25) is 0 Å². The highest BCUT2D eigenvalue weighted by Crippen LogP contribution is 2.37. The van der Waals surface area contributed by atoms with Crippen molar-refractivity contribution >= 4 is 11.6 Å². The quantitative estimate of drug-likeness (QED) is 0.920. The molecule has 1 aromatic carbocycles. The molecule has 0 aromatic heterocycles. The van der Waals surface area contributed by atoms with Gasteiger partial charge in [-0.2, -0.15) is 0 Å². The lowest BCUT2D eigenvalue weighted by Crippen LogP contribution is -2.57. The number of benzene rings is 1. The first-order valence-corrected chi connectivity index (χ1v) is 8.23. The van der Waals surface area contributed by atoms with Crippen molar-refractivity contribution in [2.45, 2.75) is 25.8 Å². The van der Waals surface area contributed by atoms with Crippen LogP contribution in [-0.4, -0.2) is 49.9 Å². The number of nitrogens with zero attached hydrogens (tertiary/aromatic N) is 1. The van der Waals surface area contributed by atoms with Gasteiger partial charge in [-0.25, -0.2) is 0 Å². The number of hydrogen-bond acceptors (Lipinski definition) is 5. The van der Waals surface area contributed by atoms with Gasteiger partial charge in [0, 0.05) is 44.1 Å². The van der Waals surface area contributed by atoms with E-state index in [4.69, 9.17) is 14.2 Å². The Kier molecular flexibility index (Phi) is 3.87. The molecule has 1 amide bonds. The number of aryl methyl sites for hydroxylation is 1. The van der Waals surface area contributed by atoms with Crippen LogP contribution in [0.1, 0.15) is 18.4 Å². The van der Waals surface area contributed by atoms with Gasteiger partial charge in [-0.15, -0.1) is 0 Å². The number of likely N-dealkylation sites (tertiary alicyclic amines) is 1. The first-order chi connectivity index (χ1) is 11.2. The van der Waals surface area contributed by atoms with E-state index < -0.39 is 0 Å². The van der Waals surface area contributed by atoms with Crippen LogP contribution in [0.4, 0.5) is 5.69 Å². The lowest BCUT2D eigenvalue weighted by Gasteiger charge is -2.44. The minimum atomic E-state index is 0.0719. The van der Waals surface area contributed by atoms with E-state index in [1.165, 1.54) is 0 Å². The molecule has 0 bridgehead atoms. The predicted molar refractivity (Wildman–Crippen MR) is 84.8 cm³/mol. The van der Waals surface area contributed by atoms with Crippen LogP contribution >= 0.6 is 0 Å². The molecule has 3 heterocycles. The number of nitrogens with one attached hydrogen (secondary N) is 1.